The van der Waals surface area contributed by atoms with E-state index < -0.39 is 0 Å². The van der Waals surface area contributed by atoms with Crippen molar-refractivity contribution >= 4 is 0 Å². The number of hydrogen-bond acceptors (Lipinski definition) is 2. The third-order valence-corrected chi connectivity index (χ3v) is 2.46. The van der Waals surface area contributed by atoms with E-state index in [9.17, 15) is 0 Å². The molecule has 0 atom stereocenters. The van der Waals surface area contributed by atoms with Gasteiger partial charge in [0.2, 0.25) is 0 Å². The second-order valence-corrected chi connectivity index (χ2v) is 4.75. The molecule has 0 aliphatic carbocycles. The van der Waals surface area contributed by atoms with Gasteiger partial charge in [0.1, 0.15) is 0 Å². The van der Waals surface area contributed by atoms with E-state index in [1.807, 2.05) is 6.07 Å². The summed E-state index contributed by atoms with van der Waals surface area (Å²) >= 11 is 0. The Balaban J connectivity index is 2.76. The third kappa shape index (κ3) is 5.04. The molecule has 0 saturated carbocycles. The SMILES string of the molecule is CC(C)CN(C)Cc1ccccc1C#CCN. The predicted molar refractivity (Wildman–Crippen MR) is 73.5 cm³/mol. The quantitative estimate of drug-likeness (QED) is 0.803. The van der Waals surface area contributed by atoms with Crippen LogP contribution in [0.3, 0.4) is 0 Å². The van der Waals surface area contributed by atoms with E-state index in [1.54, 1.807) is 0 Å². The van der Waals surface area contributed by atoms with Crippen molar-refractivity contribution in [2.24, 2.45) is 11.7 Å². The van der Waals surface area contributed by atoms with Gasteiger partial charge in [-0.3, -0.25) is 0 Å². The monoisotopic (exact) mass is 230 g/mol. The maximum Gasteiger partial charge on any atom is 0.0555 e. The van der Waals surface area contributed by atoms with E-state index in [1.165, 1.54) is 5.56 Å². The molecule has 2 nitrogen and oxygen atoms in total. The van der Waals surface area contributed by atoms with E-state index in [-0.39, 0.29) is 0 Å². The fourth-order valence-electron chi connectivity index (χ4n) is 1.91. The first-order valence-electron chi connectivity index (χ1n) is 6.09. The summed E-state index contributed by atoms with van der Waals surface area (Å²) in [5.74, 6) is 6.73. The van der Waals surface area contributed by atoms with Crippen molar-refractivity contribution < 1.29 is 0 Å². The lowest BCUT2D eigenvalue weighted by Gasteiger charge is -2.19. The summed E-state index contributed by atoms with van der Waals surface area (Å²) in [6.07, 6.45) is 0. The average molecular weight is 230 g/mol. The minimum atomic E-state index is 0.413. The third-order valence-electron chi connectivity index (χ3n) is 2.46. The normalized spacial score (nSPS) is 10.5. The molecular weight excluding hydrogens is 208 g/mol. The average Bonchev–Trinajstić information content (AvgIpc) is 2.26. The Morgan fingerprint density at radius 1 is 1.29 bits per heavy atom. The zero-order valence-electron chi connectivity index (χ0n) is 11.0. The van der Waals surface area contributed by atoms with E-state index in [4.69, 9.17) is 5.73 Å². The van der Waals surface area contributed by atoms with Gasteiger partial charge in [0, 0.05) is 18.7 Å². The van der Waals surface area contributed by atoms with Crippen LogP contribution in [-0.2, 0) is 6.54 Å². The molecule has 0 fully saturated rings. The van der Waals surface area contributed by atoms with E-state index in [0.717, 1.165) is 18.7 Å². The standard InChI is InChI=1S/C15H22N2/c1-13(2)11-17(3)12-15-8-5-4-7-14(15)9-6-10-16/h4-5,7-8,13H,10-12,16H2,1-3H3. The molecule has 0 spiro atoms. The van der Waals surface area contributed by atoms with Crippen LogP contribution in [0.5, 0.6) is 0 Å². The lowest BCUT2D eigenvalue weighted by molar-refractivity contribution is 0.288. The molecule has 0 aromatic heterocycles. The summed E-state index contributed by atoms with van der Waals surface area (Å²) in [4.78, 5) is 2.33. The van der Waals surface area contributed by atoms with Gasteiger partial charge in [-0.15, -0.1) is 0 Å². The van der Waals surface area contributed by atoms with Gasteiger partial charge >= 0.3 is 0 Å². The van der Waals surface area contributed by atoms with Gasteiger partial charge in [0.15, 0.2) is 0 Å². The van der Waals surface area contributed by atoms with Gasteiger partial charge in [-0.1, -0.05) is 43.9 Å². The van der Waals surface area contributed by atoms with Crippen molar-refractivity contribution in [1.82, 2.24) is 4.90 Å². The predicted octanol–water partition coefficient (Wildman–Crippen LogP) is 2.08. The number of nitrogens with two attached hydrogens (primary N) is 1. The molecule has 17 heavy (non-hydrogen) atoms. The zero-order chi connectivity index (χ0) is 12.7. The van der Waals surface area contributed by atoms with Crippen LogP contribution in [0, 0.1) is 17.8 Å². The van der Waals surface area contributed by atoms with Crippen molar-refractivity contribution in [3.8, 4) is 11.8 Å². The van der Waals surface area contributed by atoms with Crippen LogP contribution in [0.25, 0.3) is 0 Å². The second kappa shape index (κ2) is 7.11. The van der Waals surface area contributed by atoms with Gasteiger partial charge in [-0.05, 0) is 24.6 Å². The number of hydrogen-bond donors (Lipinski definition) is 1. The summed E-state index contributed by atoms with van der Waals surface area (Å²) in [5, 5.41) is 0. The number of benzene rings is 1. The highest BCUT2D eigenvalue weighted by molar-refractivity contribution is 5.41. The Kier molecular flexibility index (Phi) is 5.76. The van der Waals surface area contributed by atoms with Gasteiger partial charge in [0.05, 0.1) is 6.54 Å². The van der Waals surface area contributed by atoms with Crippen molar-refractivity contribution in [3.05, 3.63) is 35.4 Å². The van der Waals surface area contributed by atoms with Gasteiger partial charge in [-0.2, -0.15) is 0 Å². The molecule has 0 unspecified atom stereocenters. The van der Waals surface area contributed by atoms with E-state index in [2.05, 4.69) is 55.8 Å². The number of rotatable bonds is 4. The van der Waals surface area contributed by atoms with Crippen molar-refractivity contribution in [3.63, 3.8) is 0 Å². The second-order valence-electron chi connectivity index (χ2n) is 4.75. The fourth-order valence-corrected chi connectivity index (χ4v) is 1.91. The molecule has 0 amide bonds. The largest absolute Gasteiger partial charge is 0.320 e. The molecule has 0 aliphatic heterocycles. The zero-order valence-corrected chi connectivity index (χ0v) is 11.0. The summed E-state index contributed by atoms with van der Waals surface area (Å²) in [6, 6.07) is 8.28. The topological polar surface area (TPSA) is 29.3 Å². The van der Waals surface area contributed by atoms with Crippen LogP contribution in [-0.4, -0.2) is 25.0 Å². The lowest BCUT2D eigenvalue weighted by atomic mass is 10.1. The van der Waals surface area contributed by atoms with Crippen LogP contribution in [0.1, 0.15) is 25.0 Å². The van der Waals surface area contributed by atoms with E-state index in [0.29, 0.717) is 12.5 Å². The molecule has 0 aliphatic rings. The molecule has 1 aromatic carbocycles. The molecule has 0 radical (unpaired) electrons. The maximum absolute atomic E-state index is 5.41. The lowest BCUT2D eigenvalue weighted by Crippen LogP contribution is -2.23. The Morgan fingerprint density at radius 2 is 2.00 bits per heavy atom. The molecular formula is C15H22N2. The van der Waals surface area contributed by atoms with Crippen LogP contribution in [0.15, 0.2) is 24.3 Å². The summed E-state index contributed by atoms with van der Waals surface area (Å²) in [5.41, 5.74) is 7.78. The molecule has 0 bridgehead atoms. The van der Waals surface area contributed by atoms with E-state index >= 15 is 0 Å². The maximum atomic E-state index is 5.41. The summed E-state index contributed by atoms with van der Waals surface area (Å²) in [7, 11) is 2.15. The molecule has 2 N–H and O–H groups in total. The smallest absolute Gasteiger partial charge is 0.0555 e. The Labute approximate surface area is 105 Å². The van der Waals surface area contributed by atoms with Crippen LogP contribution >= 0.6 is 0 Å². The van der Waals surface area contributed by atoms with Gasteiger partial charge in [0.25, 0.3) is 0 Å². The van der Waals surface area contributed by atoms with Crippen molar-refractivity contribution in [1.29, 1.82) is 0 Å². The van der Waals surface area contributed by atoms with Gasteiger partial charge in [-0.25, -0.2) is 0 Å². The van der Waals surface area contributed by atoms with Crippen LogP contribution in [0.4, 0.5) is 0 Å². The molecule has 0 saturated heterocycles. The molecule has 1 aromatic rings. The minimum Gasteiger partial charge on any atom is -0.320 e. The fraction of sp³-hybridized carbons (Fsp3) is 0.467. The first kappa shape index (κ1) is 13.8. The Morgan fingerprint density at radius 3 is 2.65 bits per heavy atom. The van der Waals surface area contributed by atoms with Crippen LogP contribution in [0.2, 0.25) is 0 Å². The summed E-state index contributed by atoms with van der Waals surface area (Å²) in [6.45, 7) is 6.91. The summed E-state index contributed by atoms with van der Waals surface area (Å²) < 4.78 is 0. The minimum absolute atomic E-state index is 0.413. The highest BCUT2D eigenvalue weighted by Gasteiger charge is 2.05. The van der Waals surface area contributed by atoms with Gasteiger partial charge < -0.3 is 10.6 Å². The Bertz CT molecular complexity index is 399. The molecule has 0 heterocycles. The van der Waals surface area contributed by atoms with Crippen molar-refractivity contribution in [2.75, 3.05) is 20.1 Å². The molecule has 2 heteroatoms. The highest BCUT2D eigenvalue weighted by Crippen LogP contribution is 2.10. The molecule has 92 valence electrons. The first-order chi connectivity index (χ1) is 8.13. The van der Waals surface area contributed by atoms with Crippen LogP contribution < -0.4 is 5.73 Å². The Hall–Kier alpha value is -1.30. The first-order valence-corrected chi connectivity index (χ1v) is 6.09. The molecule has 1 rings (SSSR count). The number of nitrogens with zero attached hydrogens (tertiary/aromatic N) is 1. The van der Waals surface area contributed by atoms with Crippen molar-refractivity contribution in [2.45, 2.75) is 20.4 Å². The highest BCUT2D eigenvalue weighted by atomic mass is 15.1.